The van der Waals surface area contributed by atoms with Crippen molar-refractivity contribution in [3.63, 3.8) is 0 Å². The van der Waals surface area contributed by atoms with Crippen LogP contribution in [0.25, 0.3) is 11.1 Å². The molecule has 1 aliphatic rings. The molecule has 0 spiro atoms. The number of benzene rings is 2. The van der Waals surface area contributed by atoms with Gasteiger partial charge < -0.3 is 9.64 Å². The minimum absolute atomic E-state index is 0.120. The van der Waals surface area contributed by atoms with E-state index in [1.54, 1.807) is 7.11 Å². The second kappa shape index (κ2) is 8.47. The molecular weight excluding hydrogens is 324 g/mol. The van der Waals surface area contributed by atoms with Gasteiger partial charge in [-0.25, -0.2) is 0 Å². The first-order valence-corrected chi connectivity index (χ1v) is 9.29. The highest BCUT2D eigenvalue weighted by molar-refractivity contribution is 5.94. The molecule has 0 N–H and O–H groups in total. The third-order valence-electron chi connectivity index (χ3n) is 5.18. The van der Waals surface area contributed by atoms with Crippen LogP contribution in [0.1, 0.15) is 24.2 Å². The van der Waals surface area contributed by atoms with Gasteiger partial charge in [0.25, 0.3) is 5.91 Å². The number of amides is 1. The molecule has 0 radical (unpaired) electrons. The quantitative estimate of drug-likeness (QED) is 0.825. The standard InChI is InChI=1S/C22H28N2O2/c1-17-15-23(16-18(2)24(17)13-14-26-3)22(25)21-11-9-20(10-12-21)19-7-5-4-6-8-19/h4-12,17-18H,13-16H2,1-3H3. The lowest BCUT2D eigenvalue weighted by molar-refractivity contribution is 0.0193. The van der Waals surface area contributed by atoms with Gasteiger partial charge in [-0.05, 0) is 37.1 Å². The third-order valence-corrected chi connectivity index (χ3v) is 5.18. The molecule has 26 heavy (non-hydrogen) atoms. The maximum absolute atomic E-state index is 12.9. The lowest BCUT2D eigenvalue weighted by Gasteiger charge is -2.44. The van der Waals surface area contributed by atoms with Crippen LogP contribution in [0.15, 0.2) is 54.6 Å². The molecule has 2 aromatic carbocycles. The van der Waals surface area contributed by atoms with Crippen molar-refractivity contribution in [2.45, 2.75) is 25.9 Å². The maximum Gasteiger partial charge on any atom is 0.253 e. The fourth-order valence-corrected chi connectivity index (χ4v) is 3.78. The molecule has 0 bridgehead atoms. The predicted molar refractivity (Wildman–Crippen MR) is 105 cm³/mol. The predicted octanol–water partition coefficient (Wildman–Crippen LogP) is 3.53. The molecule has 3 rings (SSSR count). The van der Waals surface area contributed by atoms with Gasteiger partial charge in [0.05, 0.1) is 6.61 Å². The number of piperazine rings is 1. The molecule has 0 aromatic heterocycles. The average Bonchev–Trinajstić information content (AvgIpc) is 2.67. The van der Waals surface area contributed by atoms with E-state index in [-0.39, 0.29) is 5.91 Å². The summed E-state index contributed by atoms with van der Waals surface area (Å²) < 4.78 is 5.21. The average molecular weight is 352 g/mol. The van der Waals surface area contributed by atoms with Gasteiger partial charge in [0.15, 0.2) is 0 Å². The summed E-state index contributed by atoms with van der Waals surface area (Å²) in [5.74, 6) is 0.120. The van der Waals surface area contributed by atoms with Crippen molar-refractivity contribution in [2.24, 2.45) is 0 Å². The Hall–Kier alpha value is -2.17. The first-order valence-electron chi connectivity index (χ1n) is 9.29. The van der Waals surface area contributed by atoms with Crippen molar-refractivity contribution in [3.05, 3.63) is 60.2 Å². The molecular formula is C22H28N2O2. The Bertz CT molecular complexity index is 703. The van der Waals surface area contributed by atoms with Crippen LogP contribution >= 0.6 is 0 Å². The Labute approximate surface area is 156 Å². The third kappa shape index (κ3) is 4.14. The van der Waals surface area contributed by atoms with Crippen molar-refractivity contribution < 1.29 is 9.53 Å². The number of hydrogen-bond donors (Lipinski definition) is 0. The number of hydrogen-bond acceptors (Lipinski definition) is 3. The summed E-state index contributed by atoms with van der Waals surface area (Å²) in [6.45, 7) is 7.52. The summed E-state index contributed by atoms with van der Waals surface area (Å²) in [4.78, 5) is 17.3. The number of carbonyl (C=O) groups is 1. The summed E-state index contributed by atoms with van der Waals surface area (Å²) in [6, 6.07) is 18.8. The van der Waals surface area contributed by atoms with Crippen molar-refractivity contribution in [2.75, 3.05) is 33.4 Å². The highest BCUT2D eigenvalue weighted by Crippen LogP contribution is 2.21. The summed E-state index contributed by atoms with van der Waals surface area (Å²) in [6.07, 6.45) is 0. The highest BCUT2D eigenvalue weighted by Gasteiger charge is 2.31. The van der Waals surface area contributed by atoms with E-state index in [1.807, 2.05) is 47.4 Å². The second-order valence-corrected chi connectivity index (χ2v) is 7.08. The second-order valence-electron chi connectivity index (χ2n) is 7.08. The molecule has 1 aliphatic heterocycles. The zero-order valence-electron chi connectivity index (χ0n) is 15.9. The van der Waals surface area contributed by atoms with E-state index < -0.39 is 0 Å². The number of methoxy groups -OCH3 is 1. The van der Waals surface area contributed by atoms with Gasteiger partial charge in [0, 0.05) is 44.4 Å². The number of ether oxygens (including phenoxy) is 1. The van der Waals surface area contributed by atoms with Crippen molar-refractivity contribution >= 4 is 5.91 Å². The molecule has 1 heterocycles. The number of rotatable bonds is 5. The fraction of sp³-hybridized carbons (Fsp3) is 0.409. The van der Waals surface area contributed by atoms with Crippen LogP contribution < -0.4 is 0 Å². The summed E-state index contributed by atoms with van der Waals surface area (Å²) in [7, 11) is 1.73. The van der Waals surface area contributed by atoms with E-state index in [1.165, 1.54) is 5.56 Å². The van der Waals surface area contributed by atoms with Crippen LogP contribution in [-0.4, -0.2) is 61.1 Å². The lowest BCUT2D eigenvalue weighted by Crippen LogP contribution is -2.58. The Kier molecular flexibility index (Phi) is 6.07. The Morgan fingerprint density at radius 2 is 1.54 bits per heavy atom. The largest absolute Gasteiger partial charge is 0.383 e. The molecule has 2 atom stereocenters. The lowest BCUT2D eigenvalue weighted by atomic mass is 10.0. The molecule has 4 nitrogen and oxygen atoms in total. The van der Waals surface area contributed by atoms with Crippen molar-refractivity contribution in [1.82, 2.24) is 9.80 Å². The molecule has 2 unspecified atom stereocenters. The monoisotopic (exact) mass is 352 g/mol. The normalized spacial score (nSPS) is 21.0. The van der Waals surface area contributed by atoms with Crippen molar-refractivity contribution in [3.8, 4) is 11.1 Å². The first kappa shape index (κ1) is 18.6. The molecule has 1 amide bonds. The van der Waals surface area contributed by atoms with Gasteiger partial charge in [-0.15, -0.1) is 0 Å². The zero-order valence-corrected chi connectivity index (χ0v) is 15.9. The highest BCUT2D eigenvalue weighted by atomic mass is 16.5. The summed E-state index contributed by atoms with van der Waals surface area (Å²) in [5.41, 5.74) is 3.06. The van der Waals surface area contributed by atoms with E-state index in [4.69, 9.17) is 4.74 Å². The van der Waals surface area contributed by atoms with Crippen LogP contribution in [0.5, 0.6) is 0 Å². The maximum atomic E-state index is 12.9. The van der Waals surface area contributed by atoms with Crippen LogP contribution in [0.4, 0.5) is 0 Å². The molecule has 138 valence electrons. The SMILES string of the molecule is COCCN1C(C)CN(C(=O)c2ccc(-c3ccccc3)cc2)CC1C. The molecule has 0 saturated carbocycles. The van der Waals surface area contributed by atoms with E-state index in [0.717, 1.165) is 37.4 Å². The van der Waals surface area contributed by atoms with Crippen LogP contribution in [0.3, 0.4) is 0 Å². The zero-order chi connectivity index (χ0) is 18.5. The van der Waals surface area contributed by atoms with E-state index >= 15 is 0 Å². The van der Waals surface area contributed by atoms with Gasteiger partial charge in [-0.1, -0.05) is 42.5 Å². The Balaban J connectivity index is 1.68. The van der Waals surface area contributed by atoms with Crippen LogP contribution in [0.2, 0.25) is 0 Å². The Morgan fingerprint density at radius 3 is 2.12 bits per heavy atom. The van der Waals surface area contributed by atoms with E-state index in [9.17, 15) is 4.79 Å². The van der Waals surface area contributed by atoms with Gasteiger partial charge >= 0.3 is 0 Å². The fourth-order valence-electron chi connectivity index (χ4n) is 3.78. The van der Waals surface area contributed by atoms with E-state index in [2.05, 4.69) is 30.9 Å². The minimum atomic E-state index is 0.120. The summed E-state index contributed by atoms with van der Waals surface area (Å²) in [5, 5.41) is 0. The number of nitrogens with zero attached hydrogens (tertiary/aromatic N) is 2. The molecule has 0 aliphatic carbocycles. The molecule has 2 aromatic rings. The van der Waals surface area contributed by atoms with Gasteiger partial charge in [0.2, 0.25) is 0 Å². The van der Waals surface area contributed by atoms with Gasteiger partial charge in [-0.3, -0.25) is 9.69 Å². The number of carbonyl (C=O) groups excluding carboxylic acids is 1. The van der Waals surface area contributed by atoms with Crippen molar-refractivity contribution in [1.29, 1.82) is 0 Å². The Morgan fingerprint density at radius 1 is 0.962 bits per heavy atom. The minimum Gasteiger partial charge on any atom is -0.383 e. The van der Waals surface area contributed by atoms with E-state index in [0.29, 0.717) is 12.1 Å². The molecule has 4 heteroatoms. The topological polar surface area (TPSA) is 32.8 Å². The van der Waals surface area contributed by atoms with Crippen LogP contribution in [-0.2, 0) is 4.74 Å². The van der Waals surface area contributed by atoms with Crippen LogP contribution in [0, 0.1) is 0 Å². The smallest absolute Gasteiger partial charge is 0.253 e. The molecule has 1 fully saturated rings. The first-order chi connectivity index (χ1) is 12.6. The molecule has 1 saturated heterocycles. The summed E-state index contributed by atoms with van der Waals surface area (Å²) >= 11 is 0. The van der Waals surface area contributed by atoms with Gasteiger partial charge in [0.1, 0.15) is 0 Å². The van der Waals surface area contributed by atoms with Gasteiger partial charge in [-0.2, -0.15) is 0 Å².